The number of piperidine rings is 1. The van der Waals surface area contributed by atoms with E-state index in [0.29, 0.717) is 36.9 Å². The van der Waals surface area contributed by atoms with Gasteiger partial charge in [0.15, 0.2) is 0 Å². The van der Waals surface area contributed by atoms with E-state index >= 15 is 0 Å². The van der Waals surface area contributed by atoms with E-state index in [0.717, 1.165) is 12.8 Å². The van der Waals surface area contributed by atoms with Crippen molar-refractivity contribution in [3.8, 4) is 11.9 Å². The SMILES string of the molecule is COc1ccccc1C(=O)NCC1(c2cccs2)CCN(/C(=N/C#N)NCCF)CC1. The van der Waals surface area contributed by atoms with E-state index in [1.807, 2.05) is 28.5 Å². The summed E-state index contributed by atoms with van der Waals surface area (Å²) in [6.07, 6.45) is 3.32. The monoisotopic (exact) mass is 443 g/mol. The summed E-state index contributed by atoms with van der Waals surface area (Å²) >= 11 is 1.67. The predicted molar refractivity (Wildman–Crippen MR) is 119 cm³/mol. The maximum absolute atomic E-state index is 12.9. The third-order valence-corrected chi connectivity index (χ3v) is 6.65. The van der Waals surface area contributed by atoms with Crippen molar-refractivity contribution in [2.75, 3.05) is 40.0 Å². The first-order valence-corrected chi connectivity index (χ1v) is 11.0. The quantitative estimate of drug-likeness (QED) is 0.390. The molecule has 0 unspecified atom stereocenters. The second-order valence-electron chi connectivity index (χ2n) is 7.28. The molecule has 2 N–H and O–H groups in total. The van der Waals surface area contributed by atoms with E-state index in [-0.39, 0.29) is 17.9 Å². The molecule has 1 saturated heterocycles. The number of amides is 1. The Labute approximate surface area is 185 Å². The number of hydrogen-bond donors (Lipinski definition) is 2. The zero-order valence-corrected chi connectivity index (χ0v) is 18.3. The Morgan fingerprint density at radius 2 is 2.06 bits per heavy atom. The second-order valence-corrected chi connectivity index (χ2v) is 8.23. The third kappa shape index (κ3) is 5.33. The number of para-hydroxylation sites is 1. The van der Waals surface area contributed by atoms with E-state index < -0.39 is 6.67 Å². The van der Waals surface area contributed by atoms with Gasteiger partial charge >= 0.3 is 0 Å². The summed E-state index contributed by atoms with van der Waals surface area (Å²) < 4.78 is 17.9. The summed E-state index contributed by atoms with van der Waals surface area (Å²) in [5.41, 5.74) is 0.280. The van der Waals surface area contributed by atoms with Crippen molar-refractivity contribution in [3.05, 3.63) is 52.2 Å². The van der Waals surface area contributed by atoms with Crippen LogP contribution in [-0.4, -0.2) is 56.7 Å². The van der Waals surface area contributed by atoms with Gasteiger partial charge in [-0.05, 0) is 36.4 Å². The topological polar surface area (TPSA) is 89.8 Å². The summed E-state index contributed by atoms with van der Waals surface area (Å²) in [6, 6.07) is 11.3. The fourth-order valence-corrected chi connectivity index (χ4v) is 4.83. The van der Waals surface area contributed by atoms with Gasteiger partial charge in [0.2, 0.25) is 12.2 Å². The van der Waals surface area contributed by atoms with Crippen molar-refractivity contribution < 1.29 is 13.9 Å². The number of carbonyl (C=O) groups excluding carboxylic acids is 1. The fraction of sp³-hybridized carbons (Fsp3) is 0.409. The van der Waals surface area contributed by atoms with Crippen LogP contribution in [0.3, 0.4) is 0 Å². The molecule has 1 aliphatic heterocycles. The second kappa shape index (κ2) is 10.8. The lowest BCUT2D eigenvalue weighted by atomic mass is 9.77. The molecule has 2 aromatic rings. The molecule has 9 heteroatoms. The number of benzene rings is 1. The standard InChI is InChI=1S/C22H26FN5O2S/c1-30-18-6-3-2-5-17(18)20(29)26-15-22(19-7-4-14-31-19)8-12-28(13-9-22)21(27-16-24)25-11-10-23/h2-7,14H,8-13,15H2,1H3,(H,25,27)(H,26,29). The van der Waals surface area contributed by atoms with Gasteiger partial charge in [-0.15, -0.1) is 16.3 Å². The van der Waals surface area contributed by atoms with Crippen LogP contribution in [0.2, 0.25) is 0 Å². The first-order chi connectivity index (χ1) is 15.1. The summed E-state index contributed by atoms with van der Waals surface area (Å²) in [4.78, 5) is 19.9. The Morgan fingerprint density at radius 3 is 2.71 bits per heavy atom. The van der Waals surface area contributed by atoms with Crippen LogP contribution in [0.4, 0.5) is 4.39 Å². The number of nitrogens with zero attached hydrogens (tertiary/aromatic N) is 3. The maximum Gasteiger partial charge on any atom is 0.255 e. The average molecular weight is 444 g/mol. The van der Waals surface area contributed by atoms with Crippen LogP contribution in [0.1, 0.15) is 28.1 Å². The van der Waals surface area contributed by atoms with Crippen molar-refractivity contribution in [1.82, 2.24) is 15.5 Å². The van der Waals surface area contributed by atoms with Crippen molar-refractivity contribution in [3.63, 3.8) is 0 Å². The van der Waals surface area contributed by atoms with Crippen molar-refractivity contribution in [2.24, 2.45) is 4.99 Å². The van der Waals surface area contributed by atoms with Gasteiger partial charge in [0.25, 0.3) is 5.91 Å². The molecule has 1 aromatic carbocycles. The predicted octanol–water partition coefficient (Wildman–Crippen LogP) is 2.92. The van der Waals surface area contributed by atoms with Gasteiger partial charge in [-0.25, -0.2) is 4.39 Å². The summed E-state index contributed by atoms with van der Waals surface area (Å²) in [5, 5.41) is 17.0. The fourth-order valence-electron chi connectivity index (χ4n) is 3.84. The first kappa shape index (κ1) is 22.6. The molecule has 0 saturated carbocycles. The zero-order valence-electron chi connectivity index (χ0n) is 17.4. The Balaban J connectivity index is 1.73. The van der Waals surface area contributed by atoms with Crippen LogP contribution in [0.5, 0.6) is 5.75 Å². The smallest absolute Gasteiger partial charge is 0.255 e. The van der Waals surface area contributed by atoms with Gasteiger partial charge in [-0.1, -0.05) is 18.2 Å². The molecule has 2 heterocycles. The Kier molecular flexibility index (Phi) is 7.84. The van der Waals surface area contributed by atoms with Crippen molar-refractivity contribution in [2.45, 2.75) is 18.3 Å². The summed E-state index contributed by atoms with van der Waals surface area (Å²) in [5.74, 6) is 0.765. The highest BCUT2D eigenvalue weighted by atomic mass is 32.1. The van der Waals surface area contributed by atoms with Crippen LogP contribution in [0.15, 0.2) is 46.8 Å². The maximum atomic E-state index is 12.9. The molecule has 164 valence electrons. The highest BCUT2D eigenvalue weighted by molar-refractivity contribution is 7.10. The first-order valence-electron chi connectivity index (χ1n) is 10.1. The molecule has 0 atom stereocenters. The highest BCUT2D eigenvalue weighted by Gasteiger charge is 2.38. The van der Waals surface area contributed by atoms with Crippen LogP contribution in [0, 0.1) is 11.5 Å². The number of alkyl halides is 1. The number of rotatable bonds is 7. The molecule has 0 radical (unpaired) electrons. The van der Waals surface area contributed by atoms with E-state index in [4.69, 9.17) is 10.00 Å². The molecule has 0 aliphatic carbocycles. The zero-order chi connectivity index (χ0) is 22.1. The Morgan fingerprint density at radius 1 is 1.29 bits per heavy atom. The van der Waals surface area contributed by atoms with E-state index in [9.17, 15) is 9.18 Å². The lowest BCUT2D eigenvalue weighted by molar-refractivity contribution is 0.0929. The molecule has 0 spiro atoms. The molecular weight excluding hydrogens is 417 g/mol. The molecule has 1 aliphatic rings. The summed E-state index contributed by atoms with van der Waals surface area (Å²) in [6.45, 7) is 1.35. The summed E-state index contributed by atoms with van der Waals surface area (Å²) in [7, 11) is 1.55. The molecular formula is C22H26FN5O2S. The van der Waals surface area contributed by atoms with Gasteiger partial charge in [0, 0.05) is 36.5 Å². The van der Waals surface area contributed by atoms with Crippen LogP contribution in [0.25, 0.3) is 0 Å². The van der Waals surface area contributed by atoms with Gasteiger partial charge in [-0.3, -0.25) is 4.79 Å². The molecule has 1 fully saturated rings. The number of nitrogens with one attached hydrogen (secondary N) is 2. The number of thiophene rings is 1. The molecule has 1 amide bonds. The largest absolute Gasteiger partial charge is 0.496 e. The normalized spacial score (nSPS) is 15.8. The number of halogens is 1. The number of carbonyl (C=O) groups is 1. The van der Waals surface area contributed by atoms with E-state index in [1.165, 1.54) is 4.88 Å². The number of nitriles is 1. The number of guanidine groups is 1. The van der Waals surface area contributed by atoms with Crippen LogP contribution >= 0.6 is 11.3 Å². The lowest BCUT2D eigenvalue weighted by Gasteiger charge is -2.42. The number of likely N-dealkylation sites (tertiary alicyclic amines) is 1. The minimum absolute atomic E-state index is 0.113. The van der Waals surface area contributed by atoms with Gasteiger partial charge in [0.05, 0.1) is 12.7 Å². The number of ether oxygens (including phenoxy) is 1. The number of hydrogen-bond acceptors (Lipinski definition) is 5. The van der Waals surface area contributed by atoms with Crippen molar-refractivity contribution >= 4 is 23.2 Å². The number of methoxy groups -OCH3 is 1. The lowest BCUT2D eigenvalue weighted by Crippen LogP contribution is -2.52. The molecule has 0 bridgehead atoms. The Bertz CT molecular complexity index is 934. The molecule has 31 heavy (non-hydrogen) atoms. The highest BCUT2D eigenvalue weighted by Crippen LogP contribution is 2.38. The molecule has 1 aromatic heterocycles. The van der Waals surface area contributed by atoms with Gasteiger partial charge < -0.3 is 20.3 Å². The minimum atomic E-state index is -0.535. The van der Waals surface area contributed by atoms with Crippen LogP contribution in [-0.2, 0) is 5.41 Å². The third-order valence-electron chi connectivity index (χ3n) is 5.54. The minimum Gasteiger partial charge on any atom is -0.496 e. The Hall–Kier alpha value is -3.12. The van der Waals surface area contributed by atoms with Crippen LogP contribution < -0.4 is 15.4 Å². The van der Waals surface area contributed by atoms with Gasteiger partial charge in [0.1, 0.15) is 12.4 Å². The average Bonchev–Trinajstić information content (AvgIpc) is 3.36. The molecule has 7 nitrogen and oxygen atoms in total. The van der Waals surface area contributed by atoms with E-state index in [2.05, 4.69) is 21.7 Å². The molecule has 3 rings (SSSR count). The number of aliphatic imine (C=N–C) groups is 1. The van der Waals surface area contributed by atoms with Gasteiger partial charge in [-0.2, -0.15) is 5.26 Å². The van der Waals surface area contributed by atoms with Crippen molar-refractivity contribution in [1.29, 1.82) is 5.26 Å². The van der Waals surface area contributed by atoms with E-state index in [1.54, 1.807) is 36.8 Å².